The molecule has 9 heteroatoms. The number of anilines is 2. The van der Waals surface area contributed by atoms with E-state index in [0.29, 0.717) is 33.7 Å². The van der Waals surface area contributed by atoms with Crippen LogP contribution in [0.5, 0.6) is 11.5 Å². The normalized spacial score (nSPS) is 15.2. The van der Waals surface area contributed by atoms with E-state index in [0.717, 1.165) is 5.56 Å². The van der Waals surface area contributed by atoms with Gasteiger partial charge in [-0.25, -0.2) is 4.68 Å². The monoisotopic (exact) mass is 426 g/mol. The summed E-state index contributed by atoms with van der Waals surface area (Å²) in [6.45, 7) is 0. The molecule has 8 nitrogen and oxygen atoms in total. The summed E-state index contributed by atoms with van der Waals surface area (Å²) in [6.07, 6.45) is -0.0261. The van der Waals surface area contributed by atoms with Gasteiger partial charge in [0.15, 0.2) is 0 Å². The predicted octanol–water partition coefficient (Wildman–Crippen LogP) is 3.74. The van der Waals surface area contributed by atoms with Crippen LogP contribution in [0.1, 0.15) is 12.5 Å². The molecule has 2 heterocycles. The van der Waals surface area contributed by atoms with Crippen molar-refractivity contribution in [3.63, 3.8) is 0 Å². The van der Waals surface area contributed by atoms with Crippen molar-refractivity contribution in [2.24, 2.45) is 0 Å². The molecule has 2 N–H and O–H groups in total. The van der Waals surface area contributed by atoms with Crippen molar-refractivity contribution in [1.82, 2.24) is 9.78 Å². The molecule has 0 radical (unpaired) electrons. The van der Waals surface area contributed by atoms with Crippen molar-refractivity contribution < 1.29 is 19.1 Å². The number of carbonyl (C=O) groups excluding carboxylic acids is 2. The Balaban J connectivity index is 1.63. The summed E-state index contributed by atoms with van der Waals surface area (Å²) in [7, 11) is 3.06. The number of benzene rings is 2. The Morgan fingerprint density at radius 2 is 1.80 bits per heavy atom. The SMILES string of the molecule is COc1cc(NC(=O)C2CC(=O)Nc3cc(-c4ccc(Cl)cc4)nn32)cc(OC)c1. The van der Waals surface area contributed by atoms with Crippen molar-refractivity contribution in [3.8, 4) is 22.8 Å². The smallest absolute Gasteiger partial charge is 0.249 e. The van der Waals surface area contributed by atoms with Gasteiger partial charge in [-0.1, -0.05) is 23.7 Å². The summed E-state index contributed by atoms with van der Waals surface area (Å²) in [5, 5.41) is 10.7. The molecule has 30 heavy (non-hydrogen) atoms. The number of halogens is 1. The highest BCUT2D eigenvalue weighted by Gasteiger charge is 2.32. The zero-order valence-electron chi connectivity index (χ0n) is 16.3. The van der Waals surface area contributed by atoms with E-state index >= 15 is 0 Å². The first-order valence-corrected chi connectivity index (χ1v) is 9.54. The van der Waals surface area contributed by atoms with Gasteiger partial charge in [0.1, 0.15) is 23.4 Å². The number of fused-ring (bicyclic) bond motifs is 1. The van der Waals surface area contributed by atoms with Gasteiger partial charge in [-0.05, 0) is 12.1 Å². The molecule has 4 rings (SSSR count). The second-order valence-corrected chi connectivity index (χ2v) is 7.16. The minimum Gasteiger partial charge on any atom is -0.497 e. The fourth-order valence-electron chi connectivity index (χ4n) is 3.25. The molecule has 2 aromatic carbocycles. The third-order valence-electron chi connectivity index (χ3n) is 4.74. The molecule has 1 aliphatic heterocycles. The average molecular weight is 427 g/mol. The Morgan fingerprint density at radius 1 is 1.13 bits per heavy atom. The van der Waals surface area contributed by atoms with Crippen LogP contribution in [0.2, 0.25) is 5.02 Å². The average Bonchev–Trinajstić information content (AvgIpc) is 3.17. The van der Waals surface area contributed by atoms with Crippen molar-refractivity contribution in [2.75, 3.05) is 24.9 Å². The molecule has 154 valence electrons. The van der Waals surface area contributed by atoms with Crippen molar-refractivity contribution >= 4 is 34.9 Å². The molecule has 1 unspecified atom stereocenters. The molecule has 0 saturated carbocycles. The molecule has 0 bridgehead atoms. The third-order valence-corrected chi connectivity index (χ3v) is 4.99. The highest BCUT2D eigenvalue weighted by Crippen LogP contribution is 2.32. The van der Waals surface area contributed by atoms with Crippen LogP contribution in [0, 0.1) is 0 Å². The zero-order valence-corrected chi connectivity index (χ0v) is 17.1. The van der Waals surface area contributed by atoms with E-state index in [1.54, 1.807) is 36.4 Å². The van der Waals surface area contributed by atoms with E-state index < -0.39 is 6.04 Å². The number of nitrogens with one attached hydrogen (secondary N) is 2. The fraction of sp³-hybridized carbons (Fsp3) is 0.190. The van der Waals surface area contributed by atoms with Crippen LogP contribution in [0.3, 0.4) is 0 Å². The quantitative estimate of drug-likeness (QED) is 0.648. The molecule has 1 aromatic heterocycles. The molecular weight excluding hydrogens is 408 g/mol. The Morgan fingerprint density at radius 3 is 2.43 bits per heavy atom. The fourth-order valence-corrected chi connectivity index (χ4v) is 3.38. The lowest BCUT2D eigenvalue weighted by Crippen LogP contribution is -2.35. The van der Waals surface area contributed by atoms with Gasteiger partial charge in [-0.15, -0.1) is 0 Å². The van der Waals surface area contributed by atoms with Crippen LogP contribution < -0.4 is 20.1 Å². The second-order valence-electron chi connectivity index (χ2n) is 6.72. The van der Waals surface area contributed by atoms with E-state index in [1.165, 1.54) is 18.9 Å². The number of amides is 2. The topological polar surface area (TPSA) is 94.5 Å². The Labute approximate surface area is 177 Å². The van der Waals surface area contributed by atoms with Gasteiger partial charge in [-0.3, -0.25) is 9.59 Å². The van der Waals surface area contributed by atoms with E-state index in [4.69, 9.17) is 21.1 Å². The molecule has 2 amide bonds. The number of hydrogen-bond acceptors (Lipinski definition) is 5. The lowest BCUT2D eigenvalue weighted by Gasteiger charge is -2.23. The molecule has 0 fully saturated rings. The van der Waals surface area contributed by atoms with Gasteiger partial charge in [-0.2, -0.15) is 5.10 Å². The Kier molecular flexibility index (Phi) is 5.33. The molecular formula is C21H19ClN4O4. The number of hydrogen-bond donors (Lipinski definition) is 2. The molecule has 3 aromatic rings. The van der Waals surface area contributed by atoms with Crippen molar-refractivity contribution in [3.05, 3.63) is 53.6 Å². The standard InChI is InChI=1S/C21H19ClN4O4/c1-29-15-7-14(8-16(9-15)30-2)23-21(28)18-11-20(27)24-19-10-17(25-26(18)19)12-3-5-13(22)6-4-12/h3-10,18H,11H2,1-2H3,(H,23,28)(H,24,27). The van der Waals surface area contributed by atoms with Gasteiger partial charge >= 0.3 is 0 Å². The Bertz CT molecular complexity index is 1090. The van der Waals surface area contributed by atoms with Crippen LogP contribution >= 0.6 is 11.6 Å². The number of rotatable bonds is 5. The first-order valence-electron chi connectivity index (χ1n) is 9.16. The van der Waals surface area contributed by atoms with E-state index in [-0.39, 0.29) is 18.2 Å². The predicted molar refractivity (Wildman–Crippen MR) is 113 cm³/mol. The van der Waals surface area contributed by atoms with E-state index in [9.17, 15) is 9.59 Å². The van der Waals surface area contributed by atoms with E-state index in [1.807, 2.05) is 12.1 Å². The number of methoxy groups -OCH3 is 2. The van der Waals surface area contributed by atoms with Gasteiger partial charge in [0.2, 0.25) is 11.8 Å². The van der Waals surface area contributed by atoms with Crippen LogP contribution in [0.25, 0.3) is 11.3 Å². The number of ether oxygens (including phenoxy) is 2. The largest absolute Gasteiger partial charge is 0.497 e. The lowest BCUT2D eigenvalue weighted by molar-refractivity contribution is -0.125. The van der Waals surface area contributed by atoms with Gasteiger partial charge in [0, 0.05) is 40.5 Å². The lowest BCUT2D eigenvalue weighted by atomic mass is 10.1. The first kappa shape index (κ1) is 19.8. The number of aromatic nitrogens is 2. The van der Waals surface area contributed by atoms with Gasteiger partial charge < -0.3 is 20.1 Å². The van der Waals surface area contributed by atoms with Crippen molar-refractivity contribution in [2.45, 2.75) is 12.5 Å². The summed E-state index contributed by atoms with van der Waals surface area (Å²) in [6, 6.07) is 13.2. The van der Waals surface area contributed by atoms with Crippen LogP contribution in [0.15, 0.2) is 48.5 Å². The summed E-state index contributed by atoms with van der Waals surface area (Å²) >= 11 is 5.95. The molecule has 1 aliphatic rings. The Hall–Kier alpha value is -3.52. The van der Waals surface area contributed by atoms with Gasteiger partial charge in [0.25, 0.3) is 0 Å². The maximum atomic E-state index is 13.0. The highest BCUT2D eigenvalue weighted by atomic mass is 35.5. The molecule has 0 saturated heterocycles. The zero-order chi connectivity index (χ0) is 21.3. The summed E-state index contributed by atoms with van der Waals surface area (Å²) in [5.74, 6) is 0.909. The van der Waals surface area contributed by atoms with E-state index in [2.05, 4.69) is 15.7 Å². The highest BCUT2D eigenvalue weighted by molar-refractivity contribution is 6.30. The summed E-state index contributed by atoms with van der Waals surface area (Å²) < 4.78 is 12.0. The van der Waals surface area contributed by atoms with Gasteiger partial charge in [0.05, 0.1) is 26.3 Å². The molecule has 0 spiro atoms. The molecule has 0 aliphatic carbocycles. The van der Waals surface area contributed by atoms with Crippen LogP contribution in [0.4, 0.5) is 11.5 Å². The minimum atomic E-state index is -0.799. The summed E-state index contributed by atoms with van der Waals surface area (Å²) in [4.78, 5) is 25.2. The second kappa shape index (κ2) is 8.08. The third kappa shape index (κ3) is 3.95. The summed E-state index contributed by atoms with van der Waals surface area (Å²) in [5.41, 5.74) is 1.95. The maximum Gasteiger partial charge on any atom is 0.249 e. The number of nitrogens with zero attached hydrogens (tertiary/aromatic N) is 2. The van der Waals surface area contributed by atoms with Crippen molar-refractivity contribution in [1.29, 1.82) is 0 Å². The van der Waals surface area contributed by atoms with Crippen LogP contribution in [-0.4, -0.2) is 35.8 Å². The number of carbonyl (C=O) groups is 2. The first-order chi connectivity index (χ1) is 14.5. The minimum absolute atomic E-state index is 0.0261. The maximum absolute atomic E-state index is 13.0. The molecule has 1 atom stereocenters. The van der Waals surface area contributed by atoms with Crippen LogP contribution in [-0.2, 0) is 9.59 Å².